The van der Waals surface area contributed by atoms with Gasteiger partial charge >= 0.3 is 6.18 Å². The molecule has 16 heavy (non-hydrogen) atoms. The van der Waals surface area contributed by atoms with Gasteiger partial charge in [0.2, 0.25) is 0 Å². The molecule has 2 aromatic rings. The lowest BCUT2D eigenvalue weighted by Gasteiger charge is -2.00. The zero-order chi connectivity index (χ0) is 11.8. The molecule has 0 unspecified atom stereocenters. The lowest BCUT2D eigenvalue weighted by molar-refractivity contribution is -0.140. The molecule has 0 aliphatic rings. The highest BCUT2D eigenvalue weighted by molar-refractivity contribution is 5.81. The van der Waals surface area contributed by atoms with Crippen LogP contribution in [0, 0.1) is 0 Å². The van der Waals surface area contributed by atoms with Gasteiger partial charge in [-0.1, -0.05) is 6.07 Å². The summed E-state index contributed by atoms with van der Waals surface area (Å²) >= 11 is 0. The fourth-order valence-electron chi connectivity index (χ4n) is 1.65. The number of alkyl halides is 3. The highest BCUT2D eigenvalue weighted by atomic mass is 19.4. The minimum absolute atomic E-state index is 0.507. The van der Waals surface area contributed by atoms with Crippen molar-refractivity contribution in [3.8, 4) is 0 Å². The highest BCUT2D eigenvalue weighted by Gasteiger charge is 2.32. The number of aromatic nitrogens is 1. The predicted molar refractivity (Wildman–Crippen MR) is 56.1 cm³/mol. The zero-order valence-corrected chi connectivity index (χ0v) is 8.65. The number of hydrogen-bond donors (Lipinski definition) is 2. The summed E-state index contributed by atoms with van der Waals surface area (Å²) < 4.78 is 37.3. The molecule has 0 aliphatic carbocycles. The Morgan fingerprint density at radius 3 is 2.62 bits per heavy atom. The van der Waals surface area contributed by atoms with Crippen molar-refractivity contribution >= 4 is 10.9 Å². The Bertz CT molecular complexity index is 499. The molecule has 0 atom stereocenters. The second kappa shape index (κ2) is 3.83. The Labute approximate surface area is 90.5 Å². The molecule has 2 N–H and O–H groups in total. The van der Waals surface area contributed by atoms with Crippen LogP contribution in [0.4, 0.5) is 13.2 Å². The molecule has 0 fully saturated rings. The first-order chi connectivity index (χ1) is 7.50. The largest absolute Gasteiger partial charge is 0.431 e. The molecule has 1 aromatic carbocycles. The van der Waals surface area contributed by atoms with Crippen LogP contribution in [0.15, 0.2) is 24.3 Å². The minimum atomic E-state index is -4.32. The third-order valence-electron chi connectivity index (χ3n) is 2.37. The summed E-state index contributed by atoms with van der Waals surface area (Å²) in [5.41, 5.74) is 0.763. The van der Waals surface area contributed by atoms with Gasteiger partial charge in [0.05, 0.1) is 0 Å². The van der Waals surface area contributed by atoms with Gasteiger partial charge in [-0.2, -0.15) is 13.2 Å². The summed E-state index contributed by atoms with van der Waals surface area (Å²) in [6.45, 7) is 0.641. The van der Waals surface area contributed by atoms with Gasteiger partial charge in [0.25, 0.3) is 0 Å². The first-order valence-corrected chi connectivity index (χ1v) is 4.84. The van der Waals surface area contributed by atoms with Crippen LogP contribution in [0.5, 0.6) is 0 Å². The molecular weight excluding hydrogens is 217 g/mol. The summed E-state index contributed by atoms with van der Waals surface area (Å²) in [6, 6.07) is 6.35. The van der Waals surface area contributed by atoms with Crippen LogP contribution in [0.25, 0.3) is 10.9 Å². The van der Waals surface area contributed by atoms with Crippen LogP contribution in [0.3, 0.4) is 0 Å². The summed E-state index contributed by atoms with van der Waals surface area (Å²) in [7, 11) is 1.79. The van der Waals surface area contributed by atoms with Gasteiger partial charge in [0, 0.05) is 17.4 Å². The van der Waals surface area contributed by atoms with E-state index in [2.05, 4.69) is 10.3 Å². The molecule has 1 heterocycles. The number of fused-ring (bicyclic) bond motifs is 1. The van der Waals surface area contributed by atoms with Crippen molar-refractivity contribution in [3.05, 3.63) is 35.5 Å². The molecule has 2 nitrogen and oxygen atoms in total. The standard InChI is InChI=1S/C11H11F3N2/c1-15-6-7-2-3-9-8(4-7)5-10(16-9)11(12,13)14/h2-5,15-16H,6H2,1H3. The number of benzene rings is 1. The fraction of sp³-hybridized carbons (Fsp3) is 0.273. The van der Waals surface area contributed by atoms with Crippen molar-refractivity contribution in [2.75, 3.05) is 7.05 Å². The minimum Gasteiger partial charge on any atom is -0.351 e. The van der Waals surface area contributed by atoms with Crippen molar-refractivity contribution in [1.82, 2.24) is 10.3 Å². The number of nitrogens with one attached hydrogen (secondary N) is 2. The monoisotopic (exact) mass is 228 g/mol. The van der Waals surface area contributed by atoms with Crippen molar-refractivity contribution in [3.63, 3.8) is 0 Å². The van der Waals surface area contributed by atoms with Crippen LogP contribution in [-0.2, 0) is 12.7 Å². The number of hydrogen-bond acceptors (Lipinski definition) is 1. The zero-order valence-electron chi connectivity index (χ0n) is 8.65. The first-order valence-electron chi connectivity index (χ1n) is 4.84. The molecule has 0 saturated heterocycles. The van der Waals surface area contributed by atoms with E-state index in [-0.39, 0.29) is 0 Å². The molecule has 2 rings (SSSR count). The van der Waals surface area contributed by atoms with Gasteiger partial charge in [-0.3, -0.25) is 0 Å². The van der Waals surface area contributed by atoms with Gasteiger partial charge in [0.15, 0.2) is 0 Å². The van der Waals surface area contributed by atoms with Crippen LogP contribution in [0.2, 0.25) is 0 Å². The summed E-state index contributed by atoms with van der Waals surface area (Å²) in [4.78, 5) is 2.36. The van der Waals surface area contributed by atoms with Crippen molar-refractivity contribution in [1.29, 1.82) is 0 Å². The van der Waals surface area contributed by atoms with Crippen molar-refractivity contribution < 1.29 is 13.2 Å². The van der Waals surface area contributed by atoms with Crippen LogP contribution >= 0.6 is 0 Å². The topological polar surface area (TPSA) is 27.8 Å². The fourth-order valence-corrected chi connectivity index (χ4v) is 1.65. The second-order valence-corrected chi connectivity index (χ2v) is 3.63. The quantitative estimate of drug-likeness (QED) is 0.812. The van der Waals surface area contributed by atoms with E-state index in [4.69, 9.17) is 0 Å². The summed E-state index contributed by atoms with van der Waals surface area (Å²) in [6.07, 6.45) is -4.32. The number of rotatable bonds is 2. The maximum absolute atomic E-state index is 12.4. The number of H-pyrrole nitrogens is 1. The van der Waals surface area contributed by atoms with E-state index in [1.807, 2.05) is 0 Å². The highest BCUT2D eigenvalue weighted by Crippen LogP contribution is 2.31. The van der Waals surface area contributed by atoms with E-state index in [9.17, 15) is 13.2 Å². The Morgan fingerprint density at radius 1 is 1.25 bits per heavy atom. The number of halogens is 3. The van der Waals surface area contributed by atoms with Crippen LogP contribution < -0.4 is 5.32 Å². The van der Waals surface area contributed by atoms with Crippen LogP contribution in [-0.4, -0.2) is 12.0 Å². The third-order valence-corrected chi connectivity index (χ3v) is 2.37. The average Bonchev–Trinajstić information content (AvgIpc) is 2.60. The molecule has 86 valence electrons. The molecule has 0 spiro atoms. The molecule has 5 heteroatoms. The Kier molecular flexibility index (Phi) is 2.63. The van der Waals surface area contributed by atoms with Crippen molar-refractivity contribution in [2.45, 2.75) is 12.7 Å². The van der Waals surface area contributed by atoms with E-state index in [0.717, 1.165) is 11.6 Å². The van der Waals surface area contributed by atoms with E-state index in [1.54, 1.807) is 25.2 Å². The predicted octanol–water partition coefficient (Wildman–Crippen LogP) is 2.91. The number of aromatic amines is 1. The Balaban J connectivity index is 2.46. The second-order valence-electron chi connectivity index (χ2n) is 3.63. The first kappa shape index (κ1) is 11.0. The molecule has 0 bridgehead atoms. The third kappa shape index (κ3) is 2.04. The maximum atomic E-state index is 12.4. The van der Waals surface area contributed by atoms with Crippen molar-refractivity contribution in [2.24, 2.45) is 0 Å². The van der Waals surface area contributed by atoms with E-state index in [1.165, 1.54) is 0 Å². The van der Waals surface area contributed by atoms with E-state index < -0.39 is 11.9 Å². The SMILES string of the molecule is CNCc1ccc2[nH]c(C(F)(F)F)cc2c1. The average molecular weight is 228 g/mol. The molecular formula is C11H11F3N2. The van der Waals surface area contributed by atoms with Gasteiger partial charge in [0.1, 0.15) is 5.69 Å². The Hall–Kier alpha value is -1.49. The summed E-state index contributed by atoms with van der Waals surface area (Å²) in [5.74, 6) is 0. The van der Waals surface area contributed by atoms with E-state index in [0.29, 0.717) is 17.4 Å². The van der Waals surface area contributed by atoms with Gasteiger partial charge < -0.3 is 10.3 Å². The molecule has 0 amide bonds. The van der Waals surface area contributed by atoms with Gasteiger partial charge in [-0.05, 0) is 30.8 Å². The normalized spacial score (nSPS) is 12.2. The van der Waals surface area contributed by atoms with E-state index >= 15 is 0 Å². The Morgan fingerprint density at radius 2 is 2.00 bits per heavy atom. The smallest absolute Gasteiger partial charge is 0.351 e. The molecule has 1 aromatic heterocycles. The lowest BCUT2D eigenvalue weighted by Crippen LogP contribution is -2.04. The van der Waals surface area contributed by atoms with Gasteiger partial charge in [-0.25, -0.2) is 0 Å². The summed E-state index contributed by atoms with van der Waals surface area (Å²) in [5, 5.41) is 3.54. The maximum Gasteiger partial charge on any atom is 0.431 e. The molecule has 0 saturated carbocycles. The van der Waals surface area contributed by atoms with Crippen LogP contribution in [0.1, 0.15) is 11.3 Å². The van der Waals surface area contributed by atoms with Gasteiger partial charge in [-0.15, -0.1) is 0 Å². The molecule has 0 aliphatic heterocycles. The molecule has 0 radical (unpaired) electrons. The lowest BCUT2D eigenvalue weighted by atomic mass is 10.1.